The number of hydrogen-bond donors (Lipinski definition) is 0. The number of hydrogen-bond acceptors (Lipinski definition) is 2. The largest absolute Gasteiger partial charge is 0.490 e. The summed E-state index contributed by atoms with van der Waals surface area (Å²) in [6.07, 6.45) is -2.96. The molecule has 1 aliphatic heterocycles. The molecule has 0 saturated carbocycles. The average Bonchev–Trinajstić information content (AvgIpc) is 2.72. The first kappa shape index (κ1) is 15.4. The van der Waals surface area contributed by atoms with Crippen molar-refractivity contribution in [3.8, 4) is 5.75 Å². The van der Waals surface area contributed by atoms with Gasteiger partial charge in [-0.1, -0.05) is 12.1 Å². The molecule has 0 amide bonds. The van der Waals surface area contributed by atoms with Crippen molar-refractivity contribution in [3.05, 3.63) is 29.3 Å². The molecule has 1 aromatic carbocycles. The van der Waals surface area contributed by atoms with Crippen LogP contribution in [0.25, 0.3) is 0 Å². The maximum absolute atomic E-state index is 11.9. The van der Waals surface area contributed by atoms with Crippen LogP contribution in [-0.4, -0.2) is 25.5 Å². The van der Waals surface area contributed by atoms with Gasteiger partial charge in [-0.3, -0.25) is 0 Å². The van der Waals surface area contributed by atoms with E-state index in [1.807, 2.05) is 25.1 Å². The van der Waals surface area contributed by atoms with Gasteiger partial charge in [-0.05, 0) is 30.5 Å². The Balaban J connectivity index is 1.84. The van der Waals surface area contributed by atoms with E-state index in [9.17, 15) is 13.2 Å². The lowest BCUT2D eigenvalue weighted by Gasteiger charge is -2.12. The van der Waals surface area contributed by atoms with E-state index < -0.39 is 12.8 Å². The van der Waals surface area contributed by atoms with Crippen LogP contribution in [0, 0.1) is 0 Å². The molecular weight excluding hydrogens is 293 g/mol. The van der Waals surface area contributed by atoms with Crippen molar-refractivity contribution in [2.75, 3.05) is 13.2 Å². The zero-order valence-corrected chi connectivity index (χ0v) is 11.8. The summed E-state index contributed by atoms with van der Waals surface area (Å²) in [5.41, 5.74) is 1.98. The summed E-state index contributed by atoms with van der Waals surface area (Å²) in [5.74, 6) is 0.860. The lowest BCUT2D eigenvalue weighted by molar-refractivity contribution is -0.174. The summed E-state index contributed by atoms with van der Waals surface area (Å²) in [6.45, 7) is 0.743. The Morgan fingerprint density at radius 1 is 1.45 bits per heavy atom. The molecule has 0 saturated heterocycles. The maximum Gasteiger partial charge on any atom is 0.411 e. The van der Waals surface area contributed by atoms with Crippen molar-refractivity contribution in [1.82, 2.24) is 0 Å². The molecule has 2 rings (SSSR count). The monoisotopic (exact) mass is 308 g/mol. The van der Waals surface area contributed by atoms with Crippen LogP contribution in [0.3, 0.4) is 0 Å². The Hall–Kier alpha value is -0.940. The van der Waals surface area contributed by atoms with Gasteiger partial charge in [-0.25, -0.2) is 0 Å². The number of halogens is 4. The quantitative estimate of drug-likeness (QED) is 0.598. The van der Waals surface area contributed by atoms with Crippen LogP contribution >= 0.6 is 11.6 Å². The Kier molecular flexibility index (Phi) is 4.81. The SMILES string of the molecule is CC1Cc2cc(C(Cl)CCOCC(F)(F)F)ccc2O1. The van der Waals surface area contributed by atoms with E-state index in [2.05, 4.69) is 4.74 Å². The zero-order valence-electron chi connectivity index (χ0n) is 11.0. The van der Waals surface area contributed by atoms with Crippen molar-refractivity contribution < 1.29 is 22.6 Å². The molecule has 0 aromatic heterocycles. The molecule has 0 N–H and O–H groups in total. The first-order chi connectivity index (χ1) is 9.35. The topological polar surface area (TPSA) is 18.5 Å². The minimum Gasteiger partial charge on any atom is -0.490 e. The Morgan fingerprint density at radius 2 is 2.20 bits per heavy atom. The number of fused-ring (bicyclic) bond motifs is 1. The predicted molar refractivity (Wildman–Crippen MR) is 70.3 cm³/mol. The zero-order chi connectivity index (χ0) is 14.8. The summed E-state index contributed by atoms with van der Waals surface area (Å²) in [4.78, 5) is 0. The van der Waals surface area contributed by atoms with Gasteiger partial charge in [0.1, 0.15) is 18.5 Å². The van der Waals surface area contributed by atoms with Crippen LogP contribution in [0.1, 0.15) is 29.8 Å². The Bertz CT molecular complexity index is 462. The van der Waals surface area contributed by atoms with E-state index in [4.69, 9.17) is 16.3 Å². The van der Waals surface area contributed by atoms with Gasteiger partial charge < -0.3 is 9.47 Å². The lowest BCUT2D eigenvalue weighted by Crippen LogP contribution is -2.17. The smallest absolute Gasteiger partial charge is 0.411 e. The summed E-state index contributed by atoms with van der Waals surface area (Å²) >= 11 is 6.19. The first-order valence-electron chi connectivity index (χ1n) is 6.43. The van der Waals surface area contributed by atoms with Gasteiger partial charge in [-0.15, -0.1) is 11.6 Å². The summed E-state index contributed by atoms with van der Waals surface area (Å²) in [6, 6.07) is 5.67. The summed E-state index contributed by atoms with van der Waals surface area (Å²) in [7, 11) is 0. The van der Waals surface area contributed by atoms with Crippen molar-refractivity contribution in [2.24, 2.45) is 0 Å². The number of rotatable bonds is 5. The van der Waals surface area contributed by atoms with E-state index in [1.54, 1.807) is 0 Å². The van der Waals surface area contributed by atoms with Gasteiger partial charge in [0.25, 0.3) is 0 Å². The summed E-state index contributed by atoms with van der Waals surface area (Å²) < 4.78 is 45.9. The van der Waals surface area contributed by atoms with Crippen LogP contribution < -0.4 is 4.74 Å². The molecule has 0 bridgehead atoms. The van der Waals surface area contributed by atoms with Crippen LogP contribution in [0.5, 0.6) is 5.75 Å². The fourth-order valence-electron chi connectivity index (χ4n) is 2.18. The standard InChI is InChI=1S/C14H16ClF3O2/c1-9-6-11-7-10(2-3-13(11)20-9)12(15)4-5-19-8-14(16,17)18/h2-3,7,9,12H,4-6,8H2,1H3. The normalized spacial score (nSPS) is 19.6. The molecule has 20 heavy (non-hydrogen) atoms. The van der Waals surface area contributed by atoms with Gasteiger partial charge in [0.2, 0.25) is 0 Å². The number of benzene rings is 1. The molecule has 112 valence electrons. The minimum atomic E-state index is -4.29. The second-order valence-corrected chi connectivity index (χ2v) is 5.45. The molecule has 1 heterocycles. The van der Waals surface area contributed by atoms with Crippen LogP contribution in [0.2, 0.25) is 0 Å². The molecule has 2 unspecified atom stereocenters. The second kappa shape index (κ2) is 6.22. The molecule has 0 radical (unpaired) electrons. The third kappa shape index (κ3) is 4.28. The van der Waals surface area contributed by atoms with E-state index in [0.29, 0.717) is 6.42 Å². The summed E-state index contributed by atoms with van der Waals surface area (Å²) in [5, 5.41) is -0.357. The Labute approximate surface area is 120 Å². The van der Waals surface area contributed by atoms with Gasteiger partial charge in [0.05, 0.1) is 5.38 Å². The average molecular weight is 309 g/mol. The van der Waals surface area contributed by atoms with E-state index in [-0.39, 0.29) is 18.1 Å². The van der Waals surface area contributed by atoms with Gasteiger partial charge in [0, 0.05) is 13.0 Å². The van der Waals surface area contributed by atoms with E-state index in [1.165, 1.54) is 0 Å². The molecule has 2 nitrogen and oxygen atoms in total. The second-order valence-electron chi connectivity index (χ2n) is 4.92. The molecule has 0 fully saturated rings. The lowest BCUT2D eigenvalue weighted by atomic mass is 10.0. The molecule has 1 aromatic rings. The number of ether oxygens (including phenoxy) is 2. The molecular formula is C14H16ClF3O2. The third-order valence-corrected chi connectivity index (χ3v) is 3.53. The highest BCUT2D eigenvalue weighted by Crippen LogP contribution is 2.33. The molecule has 1 aliphatic rings. The van der Waals surface area contributed by atoms with Crippen molar-refractivity contribution >= 4 is 11.6 Å². The first-order valence-corrected chi connectivity index (χ1v) is 6.87. The van der Waals surface area contributed by atoms with Gasteiger partial charge in [-0.2, -0.15) is 13.2 Å². The maximum atomic E-state index is 11.9. The van der Waals surface area contributed by atoms with Crippen molar-refractivity contribution in [1.29, 1.82) is 0 Å². The van der Waals surface area contributed by atoms with Crippen LogP contribution in [-0.2, 0) is 11.2 Å². The fourth-order valence-corrected chi connectivity index (χ4v) is 2.40. The molecule has 2 atom stereocenters. The predicted octanol–water partition coefficient (Wildman–Crippen LogP) is 4.26. The van der Waals surface area contributed by atoms with E-state index in [0.717, 1.165) is 23.3 Å². The third-order valence-electron chi connectivity index (χ3n) is 3.06. The minimum absolute atomic E-state index is 0.0162. The van der Waals surface area contributed by atoms with Crippen molar-refractivity contribution in [3.63, 3.8) is 0 Å². The van der Waals surface area contributed by atoms with E-state index >= 15 is 0 Å². The number of alkyl halides is 4. The van der Waals surface area contributed by atoms with Crippen molar-refractivity contribution in [2.45, 2.75) is 37.4 Å². The van der Waals surface area contributed by atoms with Crippen LogP contribution in [0.15, 0.2) is 18.2 Å². The molecule has 0 spiro atoms. The van der Waals surface area contributed by atoms with Gasteiger partial charge in [0.15, 0.2) is 0 Å². The highest BCUT2D eigenvalue weighted by molar-refractivity contribution is 6.20. The molecule has 6 heteroatoms. The van der Waals surface area contributed by atoms with Gasteiger partial charge >= 0.3 is 6.18 Å². The Morgan fingerprint density at radius 3 is 2.90 bits per heavy atom. The highest BCUT2D eigenvalue weighted by atomic mass is 35.5. The highest BCUT2D eigenvalue weighted by Gasteiger charge is 2.27. The fraction of sp³-hybridized carbons (Fsp3) is 0.571. The van der Waals surface area contributed by atoms with Crippen LogP contribution in [0.4, 0.5) is 13.2 Å². The molecule has 0 aliphatic carbocycles.